The van der Waals surface area contributed by atoms with E-state index in [0.29, 0.717) is 17.8 Å². The number of anilines is 2. The molecule has 1 heterocycles. The van der Waals surface area contributed by atoms with Gasteiger partial charge in [0.1, 0.15) is 10.7 Å². The molecule has 0 atom stereocenters. The van der Waals surface area contributed by atoms with Crippen molar-refractivity contribution in [2.24, 2.45) is 0 Å². The Labute approximate surface area is 180 Å². The van der Waals surface area contributed by atoms with Crippen LogP contribution >= 0.6 is 0 Å². The van der Waals surface area contributed by atoms with Crippen LogP contribution in [-0.4, -0.2) is 19.4 Å². The smallest absolute Gasteiger partial charge is 0.334 e. The molecule has 7 nitrogen and oxygen atoms in total. The summed E-state index contributed by atoms with van der Waals surface area (Å²) in [6, 6.07) is 9.35. The molecule has 3 rings (SSSR count). The van der Waals surface area contributed by atoms with E-state index in [1.807, 2.05) is 4.72 Å². The third-order valence-corrected chi connectivity index (χ3v) is 5.52. The van der Waals surface area contributed by atoms with E-state index in [1.54, 1.807) is 24.5 Å². The number of halogens is 4. The zero-order valence-corrected chi connectivity index (χ0v) is 17.0. The molecule has 168 valence electrons. The standard InChI is InChI=1S/C20H16F4N4O3S/c21-17-8-3-14(20(22,23)24)10-18(17)32(30,31)28-16-6-4-15(5-7-16)27-19(29)26-12-13-2-1-9-25-11-13/h1-11,28H,12H2,(H2,26,27,29). The lowest BCUT2D eigenvalue weighted by Crippen LogP contribution is -2.28. The van der Waals surface area contributed by atoms with Crippen molar-refractivity contribution in [3.8, 4) is 0 Å². The maximum atomic E-state index is 13.9. The fourth-order valence-electron chi connectivity index (χ4n) is 2.58. The molecule has 2 amide bonds. The molecule has 3 aromatic rings. The van der Waals surface area contributed by atoms with Crippen LogP contribution in [0, 0.1) is 5.82 Å². The second-order valence-electron chi connectivity index (χ2n) is 6.49. The summed E-state index contributed by atoms with van der Waals surface area (Å²) in [5.74, 6) is -1.32. The van der Waals surface area contributed by atoms with Crippen LogP contribution in [0.1, 0.15) is 11.1 Å². The van der Waals surface area contributed by atoms with Crippen LogP contribution in [0.3, 0.4) is 0 Å². The van der Waals surface area contributed by atoms with Crippen LogP contribution in [0.5, 0.6) is 0 Å². The molecule has 12 heteroatoms. The summed E-state index contributed by atoms with van der Waals surface area (Å²) in [6.07, 6.45) is -1.64. The van der Waals surface area contributed by atoms with Crippen LogP contribution < -0.4 is 15.4 Å². The first-order chi connectivity index (χ1) is 15.0. The first kappa shape index (κ1) is 23.0. The van der Waals surface area contributed by atoms with Crippen molar-refractivity contribution >= 4 is 27.4 Å². The lowest BCUT2D eigenvalue weighted by molar-refractivity contribution is -0.137. The largest absolute Gasteiger partial charge is 0.416 e. The molecule has 0 radical (unpaired) electrons. The first-order valence-electron chi connectivity index (χ1n) is 8.98. The van der Waals surface area contributed by atoms with Crippen LogP contribution in [0.25, 0.3) is 0 Å². The monoisotopic (exact) mass is 468 g/mol. The maximum absolute atomic E-state index is 13.9. The number of carbonyl (C=O) groups excluding carboxylic acids is 1. The molecule has 2 aromatic carbocycles. The average Bonchev–Trinajstić information content (AvgIpc) is 2.73. The van der Waals surface area contributed by atoms with Crippen LogP contribution in [-0.2, 0) is 22.7 Å². The van der Waals surface area contributed by atoms with Gasteiger partial charge >= 0.3 is 12.2 Å². The molecule has 0 unspecified atom stereocenters. The topological polar surface area (TPSA) is 100 Å². The lowest BCUT2D eigenvalue weighted by Gasteiger charge is -2.13. The number of hydrogen-bond donors (Lipinski definition) is 3. The Hall–Kier alpha value is -3.67. The van der Waals surface area contributed by atoms with Crippen molar-refractivity contribution in [1.29, 1.82) is 0 Å². The van der Waals surface area contributed by atoms with Crippen LogP contribution in [0.2, 0.25) is 0 Å². The minimum absolute atomic E-state index is 0.0388. The Balaban J connectivity index is 1.65. The Morgan fingerprint density at radius 1 is 1.00 bits per heavy atom. The maximum Gasteiger partial charge on any atom is 0.416 e. The number of benzene rings is 2. The van der Waals surface area contributed by atoms with Crippen molar-refractivity contribution in [2.75, 3.05) is 10.0 Å². The van der Waals surface area contributed by atoms with Gasteiger partial charge in [0.05, 0.1) is 5.56 Å². The van der Waals surface area contributed by atoms with Gasteiger partial charge in [-0.2, -0.15) is 13.2 Å². The SMILES string of the molecule is O=C(NCc1cccnc1)Nc1ccc(NS(=O)(=O)c2cc(C(F)(F)F)ccc2F)cc1. The number of sulfonamides is 1. The highest BCUT2D eigenvalue weighted by atomic mass is 32.2. The number of aromatic nitrogens is 1. The number of urea groups is 1. The summed E-state index contributed by atoms with van der Waals surface area (Å²) in [5.41, 5.74) is -0.227. The fraction of sp³-hybridized carbons (Fsp3) is 0.100. The van der Waals surface area contributed by atoms with Crippen molar-refractivity contribution in [2.45, 2.75) is 17.6 Å². The molecule has 0 saturated heterocycles. The molecule has 0 aliphatic rings. The van der Waals surface area contributed by atoms with Gasteiger partial charge in [-0.3, -0.25) is 9.71 Å². The summed E-state index contributed by atoms with van der Waals surface area (Å²) in [5, 5.41) is 5.14. The van der Waals surface area contributed by atoms with Gasteiger partial charge in [0.15, 0.2) is 0 Å². The Morgan fingerprint density at radius 3 is 2.31 bits per heavy atom. The fourth-order valence-corrected chi connectivity index (χ4v) is 3.74. The van der Waals surface area contributed by atoms with Gasteiger partial charge < -0.3 is 10.6 Å². The number of pyridine rings is 1. The molecule has 32 heavy (non-hydrogen) atoms. The van der Waals surface area contributed by atoms with E-state index in [2.05, 4.69) is 15.6 Å². The number of amides is 2. The predicted octanol–water partition coefficient (Wildman–Crippen LogP) is 4.36. The molecular formula is C20H16F4N4O3S. The average molecular weight is 468 g/mol. The number of rotatable bonds is 6. The molecule has 1 aromatic heterocycles. The zero-order chi connectivity index (χ0) is 23.4. The first-order valence-corrected chi connectivity index (χ1v) is 10.5. The van der Waals surface area contributed by atoms with E-state index in [0.717, 1.165) is 5.56 Å². The molecule has 0 bridgehead atoms. The minimum Gasteiger partial charge on any atom is -0.334 e. The second-order valence-corrected chi connectivity index (χ2v) is 8.15. The number of nitrogens with one attached hydrogen (secondary N) is 3. The van der Waals surface area contributed by atoms with Gasteiger partial charge in [-0.15, -0.1) is 0 Å². The van der Waals surface area contributed by atoms with Gasteiger partial charge in [-0.25, -0.2) is 17.6 Å². The highest BCUT2D eigenvalue weighted by molar-refractivity contribution is 7.92. The van der Waals surface area contributed by atoms with Gasteiger partial charge in [-0.05, 0) is 54.1 Å². The third-order valence-electron chi connectivity index (χ3n) is 4.12. The molecule has 0 aliphatic heterocycles. The van der Waals surface area contributed by atoms with Crippen LogP contribution in [0.4, 0.5) is 33.7 Å². The van der Waals surface area contributed by atoms with Crippen molar-refractivity contribution in [1.82, 2.24) is 10.3 Å². The third kappa shape index (κ3) is 5.94. The number of hydrogen-bond acceptors (Lipinski definition) is 4. The van der Waals surface area contributed by atoms with Gasteiger partial charge in [-0.1, -0.05) is 6.07 Å². The van der Waals surface area contributed by atoms with Crippen molar-refractivity contribution in [3.05, 3.63) is 83.9 Å². The molecule has 0 spiro atoms. The predicted molar refractivity (Wildman–Crippen MR) is 109 cm³/mol. The van der Waals surface area contributed by atoms with E-state index in [4.69, 9.17) is 0 Å². The molecule has 3 N–H and O–H groups in total. The highest BCUT2D eigenvalue weighted by Gasteiger charge is 2.33. The normalized spacial score (nSPS) is 11.6. The Kier molecular flexibility index (Phi) is 6.63. The van der Waals surface area contributed by atoms with E-state index in [1.165, 1.54) is 24.3 Å². The van der Waals surface area contributed by atoms with Gasteiger partial charge in [0.25, 0.3) is 10.0 Å². The molecule has 0 fully saturated rings. The zero-order valence-electron chi connectivity index (χ0n) is 16.2. The Morgan fingerprint density at radius 2 is 1.69 bits per heavy atom. The summed E-state index contributed by atoms with van der Waals surface area (Å²) < 4.78 is 79.2. The summed E-state index contributed by atoms with van der Waals surface area (Å²) in [4.78, 5) is 14.7. The number of alkyl halides is 3. The summed E-state index contributed by atoms with van der Waals surface area (Å²) in [7, 11) is -4.63. The number of carbonyl (C=O) groups is 1. The molecule has 0 saturated carbocycles. The summed E-state index contributed by atoms with van der Waals surface area (Å²) >= 11 is 0. The lowest BCUT2D eigenvalue weighted by atomic mass is 10.2. The molecular weight excluding hydrogens is 452 g/mol. The Bertz CT molecular complexity index is 1200. The quantitative estimate of drug-likeness (QED) is 0.468. The van der Waals surface area contributed by atoms with Crippen LogP contribution in [0.15, 0.2) is 71.9 Å². The van der Waals surface area contributed by atoms with Crippen molar-refractivity contribution in [3.63, 3.8) is 0 Å². The summed E-state index contributed by atoms with van der Waals surface area (Å²) in [6.45, 7) is 0.236. The van der Waals surface area contributed by atoms with E-state index in [-0.39, 0.29) is 18.3 Å². The van der Waals surface area contributed by atoms with E-state index >= 15 is 0 Å². The molecule has 0 aliphatic carbocycles. The van der Waals surface area contributed by atoms with E-state index in [9.17, 15) is 30.8 Å². The van der Waals surface area contributed by atoms with Gasteiger partial charge in [0.2, 0.25) is 0 Å². The van der Waals surface area contributed by atoms with Gasteiger partial charge in [0, 0.05) is 30.3 Å². The van der Waals surface area contributed by atoms with E-state index < -0.39 is 38.5 Å². The highest BCUT2D eigenvalue weighted by Crippen LogP contribution is 2.32. The minimum atomic E-state index is -4.83. The van der Waals surface area contributed by atoms with Crippen molar-refractivity contribution < 1.29 is 30.8 Å². The second kappa shape index (κ2) is 9.22. The number of nitrogens with zero attached hydrogens (tertiary/aromatic N) is 1.